The molecule has 0 amide bonds. The molecule has 2 rings (SSSR count). The Kier molecular flexibility index (Phi) is 2.28. The lowest BCUT2D eigenvalue weighted by atomic mass is 10.1. The Hall–Kier alpha value is -1.69. The van der Waals surface area contributed by atoms with E-state index in [1.807, 2.05) is 0 Å². The first-order chi connectivity index (χ1) is 7.09. The van der Waals surface area contributed by atoms with E-state index in [1.165, 1.54) is 11.4 Å². The summed E-state index contributed by atoms with van der Waals surface area (Å²) in [6.45, 7) is 0. The van der Waals surface area contributed by atoms with Crippen LogP contribution in [0, 0.1) is 11.6 Å². The fourth-order valence-electron chi connectivity index (χ4n) is 1.15. The second-order valence-corrected chi connectivity index (χ2v) is 3.72. The molecule has 1 heterocycles. The summed E-state index contributed by atoms with van der Waals surface area (Å²) in [7, 11) is 0. The highest BCUT2D eigenvalue weighted by Gasteiger charge is 2.15. The normalized spacial score (nSPS) is 10.5. The molecule has 0 fully saturated rings. The fraction of sp³-hybridized carbons (Fsp3) is 0. The zero-order chi connectivity index (χ0) is 11.0. The highest BCUT2D eigenvalue weighted by Crippen LogP contribution is 2.30. The van der Waals surface area contributed by atoms with Gasteiger partial charge in [-0.2, -0.15) is 4.39 Å². The number of rotatable bonds is 1. The Bertz CT molecular complexity index is 513. The number of hydrogen-bond acceptors (Lipinski definition) is 4. The molecule has 3 nitrogen and oxygen atoms in total. The number of thiazole rings is 1. The number of nitrogens with zero attached hydrogens (tertiary/aromatic N) is 1. The average molecular weight is 228 g/mol. The van der Waals surface area contributed by atoms with Crippen molar-refractivity contribution in [1.29, 1.82) is 0 Å². The van der Waals surface area contributed by atoms with Crippen molar-refractivity contribution in [3.8, 4) is 17.0 Å². The number of aromatic hydroxyl groups is 1. The van der Waals surface area contributed by atoms with Gasteiger partial charge in [0.05, 0.1) is 5.69 Å². The molecule has 2 aromatic rings. The van der Waals surface area contributed by atoms with E-state index in [0.29, 0.717) is 0 Å². The number of nitrogens with two attached hydrogens (primary N) is 1. The topological polar surface area (TPSA) is 59.1 Å². The summed E-state index contributed by atoms with van der Waals surface area (Å²) in [4.78, 5) is 3.82. The Morgan fingerprint density at radius 3 is 2.60 bits per heavy atom. The summed E-state index contributed by atoms with van der Waals surface area (Å²) in [6.07, 6.45) is 0. The Morgan fingerprint density at radius 1 is 1.27 bits per heavy atom. The quantitative estimate of drug-likeness (QED) is 0.787. The highest BCUT2D eigenvalue weighted by atomic mass is 32.1. The molecule has 0 radical (unpaired) electrons. The van der Waals surface area contributed by atoms with Gasteiger partial charge >= 0.3 is 0 Å². The van der Waals surface area contributed by atoms with Gasteiger partial charge in [0.1, 0.15) is 0 Å². The van der Waals surface area contributed by atoms with Gasteiger partial charge in [0.15, 0.2) is 16.7 Å². The molecule has 6 heteroatoms. The SMILES string of the molecule is Nc1nc(-c2ccc(O)c(F)c2F)cs1. The van der Waals surface area contributed by atoms with E-state index in [9.17, 15) is 8.78 Å². The van der Waals surface area contributed by atoms with E-state index in [2.05, 4.69) is 4.98 Å². The summed E-state index contributed by atoms with van der Waals surface area (Å²) < 4.78 is 26.3. The molecule has 0 atom stereocenters. The lowest BCUT2D eigenvalue weighted by Gasteiger charge is -2.01. The standard InChI is InChI=1S/C9H6F2N2OS/c10-7-4(1-2-6(14)8(7)11)5-3-15-9(12)13-5/h1-3,14H,(H2,12,13). The van der Waals surface area contributed by atoms with Crippen molar-refractivity contribution >= 4 is 16.5 Å². The molecule has 0 aliphatic carbocycles. The first kappa shape index (κ1) is 9.85. The molecule has 0 saturated carbocycles. The van der Waals surface area contributed by atoms with Crippen LogP contribution >= 0.6 is 11.3 Å². The van der Waals surface area contributed by atoms with Crippen LogP contribution in [0.3, 0.4) is 0 Å². The number of phenolic OH excluding ortho intramolecular Hbond substituents is 1. The van der Waals surface area contributed by atoms with Crippen molar-refractivity contribution in [1.82, 2.24) is 4.98 Å². The van der Waals surface area contributed by atoms with Crippen LogP contribution in [0.5, 0.6) is 5.75 Å². The average Bonchev–Trinajstić information content (AvgIpc) is 2.61. The number of phenols is 1. The molecule has 0 aliphatic heterocycles. The van der Waals surface area contributed by atoms with E-state index < -0.39 is 17.4 Å². The fourth-order valence-corrected chi connectivity index (χ4v) is 1.71. The molecule has 78 valence electrons. The minimum atomic E-state index is -1.28. The molecule has 15 heavy (non-hydrogen) atoms. The van der Waals surface area contributed by atoms with E-state index in [0.717, 1.165) is 17.4 Å². The third-order valence-electron chi connectivity index (χ3n) is 1.86. The molecule has 0 saturated heterocycles. The van der Waals surface area contributed by atoms with E-state index in [-0.39, 0.29) is 16.4 Å². The van der Waals surface area contributed by atoms with Crippen molar-refractivity contribution in [3.63, 3.8) is 0 Å². The maximum atomic E-state index is 13.3. The third-order valence-corrected chi connectivity index (χ3v) is 2.53. The zero-order valence-electron chi connectivity index (χ0n) is 7.37. The molecule has 1 aromatic carbocycles. The largest absolute Gasteiger partial charge is 0.505 e. The molecule has 0 spiro atoms. The summed E-state index contributed by atoms with van der Waals surface area (Å²) in [5.74, 6) is -3.13. The number of halogens is 2. The second kappa shape index (κ2) is 3.47. The van der Waals surface area contributed by atoms with Crippen LogP contribution in [0.1, 0.15) is 0 Å². The zero-order valence-corrected chi connectivity index (χ0v) is 8.18. The number of anilines is 1. The molecule has 0 aliphatic rings. The van der Waals surface area contributed by atoms with Crippen molar-refractivity contribution in [2.45, 2.75) is 0 Å². The van der Waals surface area contributed by atoms with E-state index in [4.69, 9.17) is 10.8 Å². The Balaban J connectivity index is 2.59. The Morgan fingerprint density at radius 2 is 2.00 bits per heavy atom. The van der Waals surface area contributed by atoms with Gasteiger partial charge in [-0.25, -0.2) is 9.37 Å². The van der Waals surface area contributed by atoms with Crippen molar-refractivity contribution in [2.24, 2.45) is 0 Å². The van der Waals surface area contributed by atoms with Crippen molar-refractivity contribution in [2.75, 3.05) is 5.73 Å². The molecular weight excluding hydrogens is 222 g/mol. The van der Waals surface area contributed by atoms with Crippen LogP contribution < -0.4 is 5.73 Å². The highest BCUT2D eigenvalue weighted by molar-refractivity contribution is 7.13. The predicted molar refractivity (Wildman–Crippen MR) is 53.5 cm³/mol. The predicted octanol–water partition coefficient (Wildman–Crippen LogP) is 2.38. The minimum absolute atomic E-state index is 0.0155. The number of hydrogen-bond donors (Lipinski definition) is 2. The second-order valence-electron chi connectivity index (χ2n) is 2.83. The summed E-state index contributed by atoms with van der Waals surface area (Å²) in [6, 6.07) is 2.32. The van der Waals surface area contributed by atoms with Crippen molar-refractivity contribution < 1.29 is 13.9 Å². The van der Waals surface area contributed by atoms with Gasteiger partial charge in [0.25, 0.3) is 0 Å². The minimum Gasteiger partial charge on any atom is -0.505 e. The summed E-state index contributed by atoms with van der Waals surface area (Å²) in [5.41, 5.74) is 5.62. The third kappa shape index (κ3) is 1.63. The lowest BCUT2D eigenvalue weighted by Crippen LogP contribution is -1.91. The van der Waals surface area contributed by atoms with Gasteiger partial charge in [-0.05, 0) is 12.1 Å². The van der Waals surface area contributed by atoms with Gasteiger partial charge in [-0.15, -0.1) is 11.3 Å². The lowest BCUT2D eigenvalue weighted by molar-refractivity contribution is 0.408. The van der Waals surface area contributed by atoms with Gasteiger partial charge in [0.2, 0.25) is 5.82 Å². The maximum Gasteiger partial charge on any atom is 0.201 e. The van der Waals surface area contributed by atoms with Gasteiger partial charge in [0, 0.05) is 10.9 Å². The molecular formula is C9H6F2N2OS. The van der Waals surface area contributed by atoms with E-state index >= 15 is 0 Å². The molecule has 0 bridgehead atoms. The number of nitrogen functional groups attached to an aromatic ring is 1. The first-order valence-corrected chi connectivity index (χ1v) is 4.86. The summed E-state index contributed by atoms with van der Waals surface area (Å²) in [5, 5.41) is 10.7. The molecule has 1 aromatic heterocycles. The van der Waals surface area contributed by atoms with Crippen LogP contribution in [-0.2, 0) is 0 Å². The van der Waals surface area contributed by atoms with E-state index in [1.54, 1.807) is 0 Å². The van der Waals surface area contributed by atoms with Gasteiger partial charge < -0.3 is 10.8 Å². The monoisotopic (exact) mass is 228 g/mol. The Labute approximate surface area is 87.8 Å². The smallest absolute Gasteiger partial charge is 0.201 e. The number of aromatic nitrogens is 1. The van der Waals surface area contributed by atoms with Crippen LogP contribution in [0.2, 0.25) is 0 Å². The number of benzene rings is 1. The molecule has 3 N–H and O–H groups in total. The van der Waals surface area contributed by atoms with Gasteiger partial charge in [-0.3, -0.25) is 0 Å². The van der Waals surface area contributed by atoms with Gasteiger partial charge in [-0.1, -0.05) is 0 Å². The van der Waals surface area contributed by atoms with Crippen LogP contribution in [0.15, 0.2) is 17.5 Å². The maximum absolute atomic E-state index is 13.3. The van der Waals surface area contributed by atoms with Crippen LogP contribution in [-0.4, -0.2) is 10.1 Å². The molecule has 0 unspecified atom stereocenters. The van der Waals surface area contributed by atoms with Crippen molar-refractivity contribution in [3.05, 3.63) is 29.1 Å². The van der Waals surface area contributed by atoms with Crippen LogP contribution in [0.4, 0.5) is 13.9 Å². The van der Waals surface area contributed by atoms with Crippen LogP contribution in [0.25, 0.3) is 11.3 Å². The summed E-state index contributed by atoms with van der Waals surface area (Å²) >= 11 is 1.13. The first-order valence-electron chi connectivity index (χ1n) is 3.98.